The summed E-state index contributed by atoms with van der Waals surface area (Å²) < 4.78 is 0. The van der Waals surface area contributed by atoms with Crippen molar-refractivity contribution in [3.63, 3.8) is 0 Å². The Kier molecular flexibility index (Phi) is 3.36. The van der Waals surface area contributed by atoms with Crippen molar-refractivity contribution in [2.45, 2.75) is 6.92 Å². The van der Waals surface area contributed by atoms with Crippen LogP contribution in [0.1, 0.15) is 5.56 Å². The number of hydrogen-bond donors (Lipinski definition) is 2. The minimum atomic E-state index is 0.162. The molecule has 3 rings (SSSR count). The Labute approximate surface area is 123 Å². The Balaban J connectivity index is 2.29. The molecule has 0 spiro atoms. The van der Waals surface area contributed by atoms with Crippen LogP contribution < -0.4 is 0 Å². The molecule has 2 heteroatoms. The molecule has 3 aromatic rings. The summed E-state index contributed by atoms with van der Waals surface area (Å²) in [5, 5.41) is 20.6. The van der Waals surface area contributed by atoms with Gasteiger partial charge in [-0.05, 0) is 30.2 Å². The van der Waals surface area contributed by atoms with Crippen molar-refractivity contribution in [2.24, 2.45) is 0 Å². The second kappa shape index (κ2) is 5.33. The summed E-state index contributed by atoms with van der Waals surface area (Å²) in [6.07, 6.45) is 0. The average molecular weight is 276 g/mol. The molecule has 0 unspecified atom stereocenters. The summed E-state index contributed by atoms with van der Waals surface area (Å²) in [5.41, 5.74) is 4.22. The van der Waals surface area contributed by atoms with Crippen LogP contribution >= 0.6 is 0 Å². The molecular formula is C19H16O2. The lowest BCUT2D eigenvalue weighted by Crippen LogP contribution is -1.87. The molecule has 21 heavy (non-hydrogen) atoms. The van der Waals surface area contributed by atoms with E-state index < -0.39 is 0 Å². The topological polar surface area (TPSA) is 40.5 Å². The number of phenols is 2. The van der Waals surface area contributed by atoms with Gasteiger partial charge in [0, 0.05) is 11.1 Å². The fourth-order valence-corrected chi connectivity index (χ4v) is 2.49. The molecule has 0 atom stereocenters. The van der Waals surface area contributed by atoms with E-state index in [1.54, 1.807) is 0 Å². The zero-order valence-corrected chi connectivity index (χ0v) is 11.7. The highest BCUT2D eigenvalue weighted by Gasteiger charge is 2.16. The number of aryl methyl sites for hydroxylation is 1. The molecule has 0 radical (unpaired) electrons. The standard InChI is InChI=1S/C19H16O2/c1-13-7-9-15(10-8-13)19-17(21)12-11-16(20)18(19)14-5-3-2-4-6-14/h2-12,20-21H,1H3. The maximum Gasteiger partial charge on any atom is 0.124 e. The van der Waals surface area contributed by atoms with E-state index >= 15 is 0 Å². The first-order chi connectivity index (χ1) is 10.2. The van der Waals surface area contributed by atoms with Crippen molar-refractivity contribution < 1.29 is 10.2 Å². The zero-order valence-electron chi connectivity index (χ0n) is 11.7. The van der Waals surface area contributed by atoms with Gasteiger partial charge in [0.05, 0.1) is 0 Å². The van der Waals surface area contributed by atoms with Crippen LogP contribution in [0.25, 0.3) is 22.3 Å². The van der Waals surface area contributed by atoms with E-state index in [1.165, 1.54) is 12.1 Å². The van der Waals surface area contributed by atoms with Crippen LogP contribution in [0.3, 0.4) is 0 Å². The zero-order chi connectivity index (χ0) is 14.8. The molecule has 0 amide bonds. The van der Waals surface area contributed by atoms with E-state index in [9.17, 15) is 10.2 Å². The van der Waals surface area contributed by atoms with Crippen molar-refractivity contribution in [3.8, 4) is 33.8 Å². The number of rotatable bonds is 2. The summed E-state index contributed by atoms with van der Waals surface area (Å²) in [6.45, 7) is 2.02. The van der Waals surface area contributed by atoms with Gasteiger partial charge in [-0.25, -0.2) is 0 Å². The molecule has 3 aromatic carbocycles. The molecule has 2 nitrogen and oxygen atoms in total. The fraction of sp³-hybridized carbons (Fsp3) is 0.0526. The summed E-state index contributed by atoms with van der Waals surface area (Å²) in [7, 11) is 0. The van der Waals surface area contributed by atoms with Crippen LogP contribution in [0.2, 0.25) is 0 Å². The van der Waals surface area contributed by atoms with Gasteiger partial charge in [-0.1, -0.05) is 60.2 Å². The van der Waals surface area contributed by atoms with Crippen LogP contribution in [0, 0.1) is 6.92 Å². The molecule has 104 valence electrons. The van der Waals surface area contributed by atoms with Crippen LogP contribution in [0.4, 0.5) is 0 Å². The predicted octanol–water partition coefficient (Wildman–Crippen LogP) is 4.74. The Morgan fingerprint density at radius 1 is 0.571 bits per heavy atom. The van der Waals surface area contributed by atoms with E-state index in [0.717, 1.165) is 16.7 Å². The second-order valence-corrected chi connectivity index (χ2v) is 5.09. The van der Waals surface area contributed by atoms with Crippen molar-refractivity contribution >= 4 is 0 Å². The summed E-state index contributed by atoms with van der Waals surface area (Å²) in [6, 6.07) is 20.5. The van der Waals surface area contributed by atoms with Gasteiger partial charge in [0.1, 0.15) is 11.5 Å². The number of hydrogen-bond acceptors (Lipinski definition) is 2. The first-order valence-corrected chi connectivity index (χ1v) is 6.84. The highest BCUT2D eigenvalue weighted by Crippen LogP contribution is 2.43. The van der Waals surface area contributed by atoms with Crippen LogP contribution in [-0.4, -0.2) is 10.2 Å². The lowest BCUT2D eigenvalue weighted by Gasteiger charge is -2.14. The van der Waals surface area contributed by atoms with Crippen molar-refractivity contribution in [1.29, 1.82) is 0 Å². The lowest BCUT2D eigenvalue weighted by molar-refractivity contribution is 0.463. The van der Waals surface area contributed by atoms with Crippen molar-refractivity contribution in [3.05, 3.63) is 72.3 Å². The fourth-order valence-electron chi connectivity index (χ4n) is 2.49. The van der Waals surface area contributed by atoms with Gasteiger partial charge >= 0.3 is 0 Å². The number of aromatic hydroxyl groups is 2. The third-order valence-corrected chi connectivity index (χ3v) is 3.56. The Bertz CT molecular complexity index is 760. The smallest absolute Gasteiger partial charge is 0.124 e. The average Bonchev–Trinajstić information content (AvgIpc) is 2.51. The van der Waals surface area contributed by atoms with Crippen LogP contribution in [0.15, 0.2) is 66.7 Å². The third kappa shape index (κ3) is 2.48. The molecule has 2 N–H and O–H groups in total. The maximum atomic E-state index is 10.3. The van der Waals surface area contributed by atoms with E-state index in [1.807, 2.05) is 61.5 Å². The first-order valence-electron chi connectivity index (χ1n) is 6.84. The van der Waals surface area contributed by atoms with Gasteiger partial charge in [0.15, 0.2) is 0 Å². The quantitative estimate of drug-likeness (QED) is 0.664. The highest BCUT2D eigenvalue weighted by atomic mass is 16.3. The van der Waals surface area contributed by atoms with Gasteiger partial charge in [-0.2, -0.15) is 0 Å². The van der Waals surface area contributed by atoms with E-state index in [4.69, 9.17) is 0 Å². The van der Waals surface area contributed by atoms with E-state index in [0.29, 0.717) is 11.1 Å². The molecule has 0 aliphatic heterocycles. The van der Waals surface area contributed by atoms with Gasteiger partial charge < -0.3 is 10.2 Å². The Morgan fingerprint density at radius 3 is 1.57 bits per heavy atom. The normalized spacial score (nSPS) is 10.5. The molecule has 0 heterocycles. The second-order valence-electron chi connectivity index (χ2n) is 5.09. The van der Waals surface area contributed by atoms with E-state index in [2.05, 4.69) is 0 Å². The maximum absolute atomic E-state index is 10.3. The lowest BCUT2D eigenvalue weighted by atomic mass is 9.92. The van der Waals surface area contributed by atoms with Gasteiger partial charge in [-0.3, -0.25) is 0 Å². The van der Waals surface area contributed by atoms with Gasteiger partial charge in [0.2, 0.25) is 0 Å². The Hall–Kier alpha value is -2.74. The van der Waals surface area contributed by atoms with Crippen LogP contribution in [0.5, 0.6) is 11.5 Å². The molecule has 0 aromatic heterocycles. The predicted molar refractivity (Wildman–Crippen MR) is 85.4 cm³/mol. The number of benzene rings is 3. The monoisotopic (exact) mass is 276 g/mol. The summed E-state index contributed by atoms with van der Waals surface area (Å²) in [5.74, 6) is 0.324. The van der Waals surface area contributed by atoms with Crippen molar-refractivity contribution in [1.82, 2.24) is 0 Å². The largest absolute Gasteiger partial charge is 0.507 e. The minimum absolute atomic E-state index is 0.162. The highest BCUT2D eigenvalue weighted by molar-refractivity contribution is 5.91. The SMILES string of the molecule is Cc1ccc(-c2c(O)ccc(O)c2-c2ccccc2)cc1. The molecular weight excluding hydrogens is 260 g/mol. The molecule has 0 aliphatic carbocycles. The van der Waals surface area contributed by atoms with Gasteiger partial charge in [-0.15, -0.1) is 0 Å². The van der Waals surface area contributed by atoms with Crippen molar-refractivity contribution in [2.75, 3.05) is 0 Å². The Morgan fingerprint density at radius 2 is 1.05 bits per heavy atom. The van der Waals surface area contributed by atoms with Gasteiger partial charge in [0.25, 0.3) is 0 Å². The summed E-state index contributed by atoms with van der Waals surface area (Å²) in [4.78, 5) is 0. The summed E-state index contributed by atoms with van der Waals surface area (Å²) >= 11 is 0. The van der Waals surface area contributed by atoms with Crippen LogP contribution in [-0.2, 0) is 0 Å². The molecule has 0 bridgehead atoms. The third-order valence-electron chi connectivity index (χ3n) is 3.56. The molecule has 0 fully saturated rings. The first kappa shape index (κ1) is 13.3. The minimum Gasteiger partial charge on any atom is -0.507 e. The van der Waals surface area contributed by atoms with E-state index in [-0.39, 0.29) is 11.5 Å². The molecule has 0 saturated carbocycles. The molecule has 0 aliphatic rings. The number of phenolic OH excluding ortho intramolecular Hbond substituents is 2. The molecule has 0 saturated heterocycles.